The normalized spacial score (nSPS) is 17.3. The van der Waals surface area contributed by atoms with Crippen LogP contribution in [0, 0.1) is 6.92 Å². The number of rotatable bonds is 6. The molecule has 1 N–H and O–H groups in total. The van der Waals surface area contributed by atoms with Crippen molar-refractivity contribution in [1.82, 2.24) is 20.0 Å². The highest BCUT2D eigenvalue weighted by atomic mass is 35.5. The van der Waals surface area contributed by atoms with Crippen LogP contribution in [0.15, 0.2) is 72.1 Å². The van der Waals surface area contributed by atoms with Crippen molar-refractivity contribution in [1.29, 1.82) is 0 Å². The molecule has 0 saturated heterocycles. The zero-order valence-electron chi connectivity index (χ0n) is 19.5. The van der Waals surface area contributed by atoms with Gasteiger partial charge in [0.1, 0.15) is 16.9 Å². The highest BCUT2D eigenvalue weighted by molar-refractivity contribution is 7.13. The summed E-state index contributed by atoms with van der Waals surface area (Å²) in [5.74, 6) is -0.465. The molecule has 1 aliphatic rings. The maximum Gasteiger partial charge on any atom is 0.273 e. The lowest BCUT2D eigenvalue weighted by Gasteiger charge is -2.43. The summed E-state index contributed by atoms with van der Waals surface area (Å²) in [6, 6.07) is 21.1. The van der Waals surface area contributed by atoms with Gasteiger partial charge >= 0.3 is 0 Å². The summed E-state index contributed by atoms with van der Waals surface area (Å²) in [5.41, 5.74) is 3.05. The highest BCUT2D eigenvalue weighted by Gasteiger charge is 2.48. The Kier molecular flexibility index (Phi) is 6.21. The van der Waals surface area contributed by atoms with Crippen molar-refractivity contribution in [2.75, 3.05) is 0 Å². The first-order valence-corrected chi connectivity index (χ1v) is 12.6. The Balaban J connectivity index is 1.49. The van der Waals surface area contributed by atoms with Crippen LogP contribution in [0.4, 0.5) is 0 Å². The van der Waals surface area contributed by atoms with Crippen LogP contribution >= 0.6 is 22.9 Å². The van der Waals surface area contributed by atoms with Gasteiger partial charge in [0.25, 0.3) is 5.91 Å². The molecule has 1 atom stereocenters. The van der Waals surface area contributed by atoms with Crippen molar-refractivity contribution in [2.24, 2.45) is 0 Å². The van der Waals surface area contributed by atoms with Crippen molar-refractivity contribution in [3.8, 4) is 10.6 Å². The number of halogens is 1. The van der Waals surface area contributed by atoms with Crippen LogP contribution in [0.2, 0.25) is 5.02 Å². The van der Waals surface area contributed by atoms with Crippen molar-refractivity contribution >= 4 is 34.8 Å². The summed E-state index contributed by atoms with van der Waals surface area (Å²) < 4.78 is 1.66. The van der Waals surface area contributed by atoms with Gasteiger partial charge in [-0.05, 0) is 54.6 Å². The van der Waals surface area contributed by atoms with Crippen LogP contribution in [0.3, 0.4) is 0 Å². The topological polar surface area (TPSA) is 67.2 Å². The SMILES string of the molecule is Cc1cccc(CNC(=O)[C@]2(C)Cn3nc(-c4cccs4)cc3C(=O)N2Cc2cccc(Cl)c2)c1. The van der Waals surface area contributed by atoms with E-state index in [1.807, 2.05) is 73.0 Å². The summed E-state index contributed by atoms with van der Waals surface area (Å²) in [4.78, 5) is 30.1. The first-order chi connectivity index (χ1) is 16.8. The van der Waals surface area contributed by atoms with Gasteiger partial charge in [-0.3, -0.25) is 14.3 Å². The van der Waals surface area contributed by atoms with E-state index in [1.165, 1.54) is 0 Å². The quantitative estimate of drug-likeness (QED) is 0.387. The van der Waals surface area contributed by atoms with Gasteiger partial charge in [-0.15, -0.1) is 11.3 Å². The molecule has 0 bridgehead atoms. The molecule has 0 radical (unpaired) electrons. The van der Waals surface area contributed by atoms with E-state index >= 15 is 0 Å². The number of carbonyl (C=O) groups excluding carboxylic acids is 2. The number of aromatic nitrogens is 2. The van der Waals surface area contributed by atoms with Crippen LogP contribution in [0.1, 0.15) is 34.1 Å². The fourth-order valence-corrected chi connectivity index (χ4v) is 5.34. The maximum absolute atomic E-state index is 13.8. The highest BCUT2D eigenvalue weighted by Crippen LogP contribution is 2.33. The lowest BCUT2D eigenvalue weighted by atomic mass is 9.94. The van der Waals surface area contributed by atoms with Crippen LogP contribution in [-0.2, 0) is 24.4 Å². The summed E-state index contributed by atoms with van der Waals surface area (Å²) in [6.07, 6.45) is 0. The molecular formula is C27H25ClN4O2S. The van der Waals surface area contributed by atoms with Crippen LogP contribution < -0.4 is 5.32 Å². The molecule has 2 aromatic heterocycles. The smallest absolute Gasteiger partial charge is 0.273 e. The van der Waals surface area contributed by atoms with E-state index in [1.54, 1.807) is 33.9 Å². The molecule has 0 aliphatic carbocycles. The van der Waals surface area contributed by atoms with E-state index in [9.17, 15) is 9.59 Å². The molecule has 0 saturated carbocycles. The lowest BCUT2D eigenvalue weighted by Crippen LogP contribution is -2.63. The second-order valence-electron chi connectivity index (χ2n) is 9.02. The fourth-order valence-electron chi connectivity index (χ4n) is 4.45. The Morgan fingerprint density at radius 3 is 2.66 bits per heavy atom. The van der Waals surface area contributed by atoms with Crippen molar-refractivity contribution in [3.05, 3.63) is 99.5 Å². The molecule has 3 heterocycles. The Labute approximate surface area is 213 Å². The van der Waals surface area contributed by atoms with Crippen molar-refractivity contribution < 1.29 is 9.59 Å². The molecule has 6 nitrogen and oxygen atoms in total. The Morgan fingerprint density at radius 2 is 1.91 bits per heavy atom. The minimum absolute atomic E-state index is 0.229. The number of hydrogen-bond donors (Lipinski definition) is 1. The maximum atomic E-state index is 13.8. The van der Waals surface area contributed by atoms with Crippen molar-refractivity contribution in [2.45, 2.75) is 39.0 Å². The molecule has 2 amide bonds. The van der Waals surface area contributed by atoms with Gasteiger partial charge in [0.05, 0.1) is 11.4 Å². The number of aryl methyl sites for hydroxylation is 1. The molecular weight excluding hydrogens is 480 g/mol. The average Bonchev–Trinajstić information content (AvgIpc) is 3.50. The minimum Gasteiger partial charge on any atom is -0.350 e. The third-order valence-electron chi connectivity index (χ3n) is 6.33. The third kappa shape index (κ3) is 4.61. The fraction of sp³-hybridized carbons (Fsp3) is 0.222. The predicted octanol–water partition coefficient (Wildman–Crippen LogP) is 5.30. The van der Waals surface area contributed by atoms with Gasteiger partial charge in [0.2, 0.25) is 5.91 Å². The molecule has 0 fully saturated rings. The summed E-state index contributed by atoms with van der Waals surface area (Å²) in [6.45, 7) is 4.70. The molecule has 0 unspecified atom stereocenters. The molecule has 5 rings (SSSR count). The van der Waals surface area contributed by atoms with Crippen LogP contribution in [0.25, 0.3) is 10.6 Å². The zero-order valence-corrected chi connectivity index (χ0v) is 21.1. The largest absolute Gasteiger partial charge is 0.350 e. The molecule has 1 aliphatic heterocycles. The van der Waals surface area contributed by atoms with Gasteiger partial charge in [0.15, 0.2) is 0 Å². The number of benzene rings is 2. The molecule has 35 heavy (non-hydrogen) atoms. The molecule has 178 valence electrons. The first kappa shape index (κ1) is 23.3. The number of hydrogen-bond acceptors (Lipinski definition) is 4. The van der Waals surface area contributed by atoms with E-state index in [4.69, 9.17) is 11.6 Å². The van der Waals surface area contributed by atoms with Crippen molar-refractivity contribution in [3.63, 3.8) is 0 Å². The lowest BCUT2D eigenvalue weighted by molar-refractivity contribution is -0.133. The summed E-state index contributed by atoms with van der Waals surface area (Å²) in [5, 5.41) is 10.3. The predicted molar refractivity (Wildman–Crippen MR) is 138 cm³/mol. The number of nitrogens with zero attached hydrogens (tertiary/aromatic N) is 3. The van der Waals surface area contributed by atoms with E-state index in [-0.39, 0.29) is 24.9 Å². The number of carbonyl (C=O) groups is 2. The Morgan fingerprint density at radius 1 is 1.11 bits per heavy atom. The number of fused-ring (bicyclic) bond motifs is 1. The zero-order chi connectivity index (χ0) is 24.6. The first-order valence-electron chi connectivity index (χ1n) is 11.4. The van der Waals surface area contributed by atoms with E-state index < -0.39 is 5.54 Å². The third-order valence-corrected chi connectivity index (χ3v) is 7.45. The Hall–Kier alpha value is -3.42. The molecule has 2 aromatic carbocycles. The van der Waals surface area contributed by atoms with Gasteiger partial charge in [-0.2, -0.15) is 5.10 Å². The average molecular weight is 505 g/mol. The summed E-state index contributed by atoms with van der Waals surface area (Å²) >= 11 is 7.77. The van der Waals surface area contributed by atoms with E-state index in [2.05, 4.69) is 10.4 Å². The molecule has 0 spiro atoms. The number of nitrogens with one attached hydrogen (secondary N) is 1. The number of thiophene rings is 1. The second-order valence-corrected chi connectivity index (χ2v) is 10.4. The van der Waals surface area contributed by atoms with Crippen LogP contribution in [-0.4, -0.2) is 32.0 Å². The van der Waals surface area contributed by atoms with E-state index in [0.717, 1.165) is 27.3 Å². The van der Waals surface area contributed by atoms with Crippen LogP contribution in [0.5, 0.6) is 0 Å². The van der Waals surface area contributed by atoms with Gasteiger partial charge in [0, 0.05) is 18.1 Å². The second kappa shape index (κ2) is 9.32. The standard InChI is InChI=1S/C27H25ClN4O2S/c1-18-6-3-7-19(12-18)15-29-26(34)27(2)17-32-23(14-22(30-32)24-10-5-11-35-24)25(33)31(27)16-20-8-4-9-21(28)13-20/h3-14H,15-17H2,1-2H3,(H,29,34)/t27-/m0/s1. The van der Waals surface area contributed by atoms with Gasteiger partial charge < -0.3 is 10.2 Å². The molecule has 8 heteroatoms. The summed E-state index contributed by atoms with van der Waals surface area (Å²) in [7, 11) is 0. The monoisotopic (exact) mass is 504 g/mol. The van der Waals surface area contributed by atoms with E-state index in [0.29, 0.717) is 17.3 Å². The van der Waals surface area contributed by atoms with Gasteiger partial charge in [-0.1, -0.05) is 59.6 Å². The Bertz CT molecular complexity index is 1400. The van der Waals surface area contributed by atoms with Gasteiger partial charge in [-0.25, -0.2) is 0 Å². The molecule has 4 aromatic rings. The minimum atomic E-state index is -1.14. The number of amides is 2.